The van der Waals surface area contributed by atoms with Crippen LogP contribution in [-0.4, -0.2) is 4.57 Å². The van der Waals surface area contributed by atoms with Gasteiger partial charge in [0.15, 0.2) is 5.69 Å². The van der Waals surface area contributed by atoms with Gasteiger partial charge in [0.1, 0.15) is 11.9 Å². The van der Waals surface area contributed by atoms with E-state index in [0.29, 0.717) is 0 Å². The van der Waals surface area contributed by atoms with Crippen LogP contribution in [0.5, 0.6) is 0 Å². The second-order valence-corrected chi connectivity index (χ2v) is 8.23. The topological polar surface area (TPSA) is 8.81 Å². The monoisotopic (exact) mass is 393 g/mol. The molecule has 0 amide bonds. The fourth-order valence-corrected chi connectivity index (χ4v) is 4.57. The molecule has 150 valence electrons. The Balaban J connectivity index is 1.61. The number of imidazole rings is 1. The van der Waals surface area contributed by atoms with E-state index in [-0.39, 0.29) is 0 Å². The van der Waals surface area contributed by atoms with Crippen LogP contribution in [0.1, 0.15) is 37.6 Å². The molecule has 0 N–H and O–H groups in total. The summed E-state index contributed by atoms with van der Waals surface area (Å²) in [5.41, 5.74) is 7.75. The molecule has 2 nitrogen and oxygen atoms in total. The molecule has 0 saturated carbocycles. The summed E-state index contributed by atoms with van der Waals surface area (Å²) in [6.45, 7) is 3.33. The third kappa shape index (κ3) is 3.59. The van der Waals surface area contributed by atoms with E-state index in [2.05, 4.69) is 101 Å². The highest BCUT2D eigenvalue weighted by atomic mass is 15.2. The highest BCUT2D eigenvalue weighted by molar-refractivity contribution is 5.66. The summed E-state index contributed by atoms with van der Waals surface area (Å²) in [7, 11) is 0. The molecular weight excluding hydrogens is 364 g/mol. The summed E-state index contributed by atoms with van der Waals surface area (Å²) in [6.07, 6.45) is 8.42. The molecule has 2 heterocycles. The molecule has 0 unspecified atom stereocenters. The van der Waals surface area contributed by atoms with Crippen LogP contribution in [0.25, 0.3) is 28.1 Å². The summed E-state index contributed by atoms with van der Waals surface area (Å²) in [4.78, 5) is 0. The molecule has 30 heavy (non-hydrogen) atoms. The van der Waals surface area contributed by atoms with Gasteiger partial charge in [0, 0.05) is 12.0 Å². The number of hydrogen-bond donors (Lipinski definition) is 0. The molecule has 0 spiro atoms. The predicted molar refractivity (Wildman–Crippen MR) is 124 cm³/mol. The molecule has 0 bridgehead atoms. The van der Waals surface area contributed by atoms with Crippen LogP contribution in [-0.2, 0) is 19.4 Å². The fourth-order valence-electron chi connectivity index (χ4n) is 4.57. The number of hydrogen-bond acceptors (Lipinski definition) is 0. The molecule has 4 aromatic rings. The maximum atomic E-state index is 2.49. The van der Waals surface area contributed by atoms with Crippen molar-refractivity contribution in [2.75, 3.05) is 0 Å². The molecule has 3 aromatic carbocycles. The number of benzene rings is 3. The van der Waals surface area contributed by atoms with Crippen molar-refractivity contribution in [2.24, 2.45) is 0 Å². The standard InChI is InChI=1S/C28H29N2/c1-2-22-12-14-25(15-13-22)27-21-29-20-8-4-7-11-28(29)30(27)26-18-16-24(17-19-26)23-9-5-3-6-10-23/h3,5-6,9-10,12-19,21H,2,4,7-8,11,20H2,1H3/q+1. The zero-order chi connectivity index (χ0) is 20.3. The molecule has 1 aliphatic rings. The summed E-state index contributed by atoms with van der Waals surface area (Å²) in [6, 6.07) is 28.8. The summed E-state index contributed by atoms with van der Waals surface area (Å²) >= 11 is 0. The third-order valence-corrected chi connectivity index (χ3v) is 6.30. The van der Waals surface area contributed by atoms with E-state index in [4.69, 9.17) is 0 Å². The molecular formula is C28H29N2+. The normalized spacial score (nSPS) is 13.6. The molecule has 0 fully saturated rings. The van der Waals surface area contributed by atoms with Crippen molar-refractivity contribution in [2.45, 2.75) is 45.6 Å². The van der Waals surface area contributed by atoms with Crippen LogP contribution in [0.3, 0.4) is 0 Å². The van der Waals surface area contributed by atoms with Crippen LogP contribution >= 0.6 is 0 Å². The van der Waals surface area contributed by atoms with Gasteiger partial charge in [-0.1, -0.05) is 73.7 Å². The van der Waals surface area contributed by atoms with Gasteiger partial charge >= 0.3 is 0 Å². The van der Waals surface area contributed by atoms with E-state index < -0.39 is 0 Å². The van der Waals surface area contributed by atoms with Crippen molar-refractivity contribution >= 4 is 0 Å². The summed E-state index contributed by atoms with van der Waals surface area (Å²) in [5.74, 6) is 1.43. The van der Waals surface area contributed by atoms with E-state index >= 15 is 0 Å². The van der Waals surface area contributed by atoms with Crippen LogP contribution in [0.15, 0.2) is 85.1 Å². The van der Waals surface area contributed by atoms with E-state index in [1.807, 2.05) is 0 Å². The number of rotatable bonds is 4. The van der Waals surface area contributed by atoms with Crippen molar-refractivity contribution in [1.82, 2.24) is 4.57 Å². The lowest BCUT2D eigenvalue weighted by Crippen LogP contribution is -2.35. The van der Waals surface area contributed by atoms with E-state index in [0.717, 1.165) is 19.4 Å². The summed E-state index contributed by atoms with van der Waals surface area (Å²) in [5, 5.41) is 0. The first-order valence-electron chi connectivity index (χ1n) is 11.2. The number of aryl methyl sites for hydroxylation is 2. The molecule has 0 saturated heterocycles. The van der Waals surface area contributed by atoms with Crippen molar-refractivity contribution in [3.05, 3.63) is 96.4 Å². The first kappa shape index (κ1) is 18.9. The maximum absolute atomic E-state index is 2.49. The lowest BCUT2D eigenvalue weighted by Gasteiger charge is -2.08. The first-order valence-corrected chi connectivity index (χ1v) is 11.2. The smallest absolute Gasteiger partial charge is 0.233 e. The fraction of sp³-hybridized carbons (Fsp3) is 0.250. The van der Waals surface area contributed by atoms with Gasteiger partial charge in [-0.15, -0.1) is 0 Å². The van der Waals surface area contributed by atoms with Gasteiger partial charge in [0.2, 0.25) is 0 Å². The zero-order valence-electron chi connectivity index (χ0n) is 17.7. The highest BCUT2D eigenvalue weighted by Gasteiger charge is 2.27. The van der Waals surface area contributed by atoms with Gasteiger partial charge in [-0.25, -0.2) is 4.57 Å². The minimum absolute atomic E-state index is 1.08. The molecule has 5 rings (SSSR count). The molecule has 0 radical (unpaired) electrons. The van der Waals surface area contributed by atoms with Crippen molar-refractivity contribution < 1.29 is 4.57 Å². The Kier molecular flexibility index (Phi) is 5.23. The molecule has 2 heteroatoms. The van der Waals surface area contributed by atoms with Gasteiger partial charge in [-0.3, -0.25) is 0 Å². The summed E-state index contributed by atoms with van der Waals surface area (Å²) < 4.78 is 4.97. The second-order valence-electron chi connectivity index (χ2n) is 8.23. The Morgan fingerprint density at radius 2 is 1.43 bits per heavy atom. The molecule has 1 aliphatic heterocycles. The van der Waals surface area contributed by atoms with Crippen molar-refractivity contribution in [3.8, 4) is 28.1 Å². The quantitative estimate of drug-likeness (QED) is 0.355. The minimum atomic E-state index is 1.08. The Morgan fingerprint density at radius 1 is 0.733 bits per heavy atom. The largest absolute Gasteiger partial charge is 0.262 e. The zero-order valence-corrected chi connectivity index (χ0v) is 17.7. The number of aromatic nitrogens is 2. The van der Waals surface area contributed by atoms with Gasteiger partial charge in [0.25, 0.3) is 5.82 Å². The lowest BCUT2D eigenvalue weighted by molar-refractivity contribution is -0.702. The van der Waals surface area contributed by atoms with E-state index in [1.54, 1.807) is 0 Å². The first-order chi connectivity index (χ1) is 14.8. The SMILES string of the molecule is CCc1ccc(-c2c[n+]3c(n2-c2ccc(-c4ccccc4)cc2)CCCCC3)cc1. The van der Waals surface area contributed by atoms with Crippen LogP contribution in [0.4, 0.5) is 0 Å². The van der Waals surface area contributed by atoms with Gasteiger partial charge in [-0.2, -0.15) is 4.57 Å². The van der Waals surface area contributed by atoms with E-state index in [9.17, 15) is 0 Å². The average molecular weight is 394 g/mol. The Hall–Kier alpha value is -3.13. The van der Waals surface area contributed by atoms with Gasteiger partial charge in [-0.05, 0) is 54.5 Å². The van der Waals surface area contributed by atoms with Crippen molar-refractivity contribution in [1.29, 1.82) is 0 Å². The highest BCUT2D eigenvalue weighted by Crippen LogP contribution is 2.28. The van der Waals surface area contributed by atoms with Crippen LogP contribution in [0.2, 0.25) is 0 Å². The second kappa shape index (κ2) is 8.31. The number of nitrogens with zero attached hydrogens (tertiary/aromatic N) is 2. The van der Waals surface area contributed by atoms with Crippen LogP contribution < -0.4 is 4.57 Å². The Labute approximate surface area is 179 Å². The van der Waals surface area contributed by atoms with Gasteiger partial charge in [0.05, 0.1) is 6.54 Å². The lowest BCUT2D eigenvalue weighted by atomic mass is 10.0. The average Bonchev–Trinajstić information content (AvgIpc) is 3.02. The predicted octanol–water partition coefficient (Wildman–Crippen LogP) is 6.39. The number of fused-ring (bicyclic) bond motifs is 1. The molecule has 0 aliphatic carbocycles. The maximum Gasteiger partial charge on any atom is 0.262 e. The molecule has 1 aromatic heterocycles. The molecule has 0 atom stereocenters. The Bertz CT molecular complexity index is 1120. The Morgan fingerprint density at radius 3 is 2.17 bits per heavy atom. The minimum Gasteiger partial charge on any atom is -0.233 e. The van der Waals surface area contributed by atoms with E-state index in [1.165, 1.54) is 58.7 Å². The third-order valence-electron chi connectivity index (χ3n) is 6.30. The van der Waals surface area contributed by atoms with Gasteiger partial charge < -0.3 is 0 Å². The van der Waals surface area contributed by atoms with Crippen LogP contribution in [0, 0.1) is 0 Å². The van der Waals surface area contributed by atoms with Crippen molar-refractivity contribution in [3.63, 3.8) is 0 Å².